The lowest BCUT2D eigenvalue weighted by Gasteiger charge is -2.47. The summed E-state index contributed by atoms with van der Waals surface area (Å²) in [5, 5.41) is 6.96. The number of hydrogen-bond donors (Lipinski definition) is 2. The van der Waals surface area contributed by atoms with Crippen molar-refractivity contribution in [2.75, 3.05) is 39.4 Å². The number of guanidine groups is 1. The molecule has 5 nitrogen and oxygen atoms in total. The molecular weight excluding hydrogens is 403 g/mol. The van der Waals surface area contributed by atoms with Crippen LogP contribution in [-0.2, 0) is 4.74 Å². The van der Waals surface area contributed by atoms with Gasteiger partial charge in [0.15, 0.2) is 5.96 Å². The third kappa shape index (κ3) is 5.46. The van der Waals surface area contributed by atoms with Crippen molar-refractivity contribution < 1.29 is 4.74 Å². The van der Waals surface area contributed by atoms with Crippen molar-refractivity contribution in [2.45, 2.75) is 63.5 Å². The van der Waals surface area contributed by atoms with Crippen LogP contribution in [0.4, 0.5) is 0 Å². The highest BCUT2D eigenvalue weighted by Gasteiger charge is 2.38. The minimum atomic E-state index is 0. The molecule has 1 heterocycles. The fraction of sp³-hybridized carbons (Fsp3) is 0.941. The van der Waals surface area contributed by atoms with Gasteiger partial charge < -0.3 is 15.4 Å². The normalized spacial score (nSPS) is 25.5. The van der Waals surface area contributed by atoms with Gasteiger partial charge in [0.05, 0.1) is 19.8 Å². The number of morpholine rings is 1. The maximum absolute atomic E-state index is 5.56. The van der Waals surface area contributed by atoms with E-state index in [4.69, 9.17) is 9.73 Å². The molecular formula is C17H33IN4O. The standard InChI is InChI=1S/C17H32N4O.HI/c1-2-18-16(20-15-6-7-15)19-14-17(8-4-3-5-9-17)21-10-12-22-13-11-21;/h15H,2-14H2,1H3,(H2,18,19,20);1H. The summed E-state index contributed by atoms with van der Waals surface area (Å²) >= 11 is 0. The van der Waals surface area contributed by atoms with Gasteiger partial charge in [0, 0.05) is 31.2 Å². The first kappa shape index (κ1) is 19.2. The Kier molecular flexibility index (Phi) is 7.88. The van der Waals surface area contributed by atoms with Gasteiger partial charge in [-0.1, -0.05) is 19.3 Å². The fourth-order valence-corrected chi connectivity index (χ4v) is 3.79. The Labute approximate surface area is 158 Å². The lowest BCUT2D eigenvalue weighted by Crippen LogP contribution is -2.56. The van der Waals surface area contributed by atoms with Gasteiger partial charge in [-0.3, -0.25) is 9.89 Å². The van der Waals surface area contributed by atoms with Gasteiger partial charge >= 0.3 is 0 Å². The molecule has 0 atom stereocenters. The van der Waals surface area contributed by atoms with Crippen molar-refractivity contribution in [1.82, 2.24) is 15.5 Å². The summed E-state index contributed by atoms with van der Waals surface area (Å²) in [5.74, 6) is 1.02. The number of hydrogen-bond acceptors (Lipinski definition) is 3. The Bertz CT molecular complexity index is 375. The lowest BCUT2D eigenvalue weighted by molar-refractivity contribution is -0.0333. The first-order valence-electron chi connectivity index (χ1n) is 9.20. The molecule has 0 aromatic heterocycles. The van der Waals surface area contributed by atoms with Gasteiger partial charge in [0.25, 0.3) is 0 Å². The molecule has 3 fully saturated rings. The zero-order chi connectivity index (χ0) is 15.3. The molecule has 0 spiro atoms. The third-order valence-corrected chi connectivity index (χ3v) is 5.26. The van der Waals surface area contributed by atoms with Crippen LogP contribution in [0.15, 0.2) is 4.99 Å². The Balaban J connectivity index is 0.00000192. The summed E-state index contributed by atoms with van der Waals surface area (Å²) in [7, 11) is 0. The van der Waals surface area contributed by atoms with E-state index in [0.717, 1.165) is 45.4 Å². The molecule has 0 unspecified atom stereocenters. The monoisotopic (exact) mass is 436 g/mol. The van der Waals surface area contributed by atoms with E-state index in [-0.39, 0.29) is 29.5 Å². The molecule has 0 radical (unpaired) electrons. The van der Waals surface area contributed by atoms with Crippen LogP contribution in [-0.4, -0.2) is 61.8 Å². The molecule has 2 saturated carbocycles. The van der Waals surface area contributed by atoms with Crippen LogP contribution < -0.4 is 10.6 Å². The van der Waals surface area contributed by atoms with Crippen molar-refractivity contribution in [3.63, 3.8) is 0 Å². The van der Waals surface area contributed by atoms with Gasteiger partial charge in [-0.15, -0.1) is 24.0 Å². The van der Waals surface area contributed by atoms with Gasteiger partial charge in [-0.05, 0) is 32.6 Å². The van der Waals surface area contributed by atoms with Crippen LogP contribution in [0.1, 0.15) is 51.9 Å². The van der Waals surface area contributed by atoms with E-state index >= 15 is 0 Å². The van der Waals surface area contributed by atoms with Crippen molar-refractivity contribution in [1.29, 1.82) is 0 Å². The quantitative estimate of drug-likeness (QED) is 0.395. The average Bonchev–Trinajstić information content (AvgIpc) is 3.39. The molecule has 1 aliphatic heterocycles. The van der Waals surface area contributed by atoms with E-state index in [9.17, 15) is 0 Å². The van der Waals surface area contributed by atoms with E-state index in [1.54, 1.807) is 0 Å². The summed E-state index contributed by atoms with van der Waals surface area (Å²) in [4.78, 5) is 7.64. The molecule has 2 N–H and O–H groups in total. The van der Waals surface area contributed by atoms with Crippen LogP contribution in [0, 0.1) is 0 Å². The summed E-state index contributed by atoms with van der Waals surface area (Å²) in [5.41, 5.74) is 0.272. The fourth-order valence-electron chi connectivity index (χ4n) is 3.79. The first-order chi connectivity index (χ1) is 10.8. The number of nitrogens with zero attached hydrogens (tertiary/aromatic N) is 2. The van der Waals surface area contributed by atoms with Crippen molar-refractivity contribution >= 4 is 29.9 Å². The van der Waals surface area contributed by atoms with Crippen LogP contribution in [0.5, 0.6) is 0 Å². The highest BCUT2D eigenvalue weighted by atomic mass is 127. The minimum Gasteiger partial charge on any atom is -0.379 e. The Hall–Kier alpha value is -0.0800. The number of rotatable bonds is 5. The highest BCUT2D eigenvalue weighted by Crippen LogP contribution is 2.34. The largest absolute Gasteiger partial charge is 0.379 e. The second kappa shape index (κ2) is 9.42. The molecule has 1 saturated heterocycles. The number of halogens is 1. The predicted octanol–water partition coefficient (Wildman–Crippen LogP) is 2.36. The minimum absolute atomic E-state index is 0. The van der Waals surface area contributed by atoms with Crippen molar-refractivity contribution in [2.24, 2.45) is 4.99 Å². The molecule has 134 valence electrons. The first-order valence-corrected chi connectivity index (χ1v) is 9.20. The maximum atomic E-state index is 5.56. The van der Waals surface area contributed by atoms with E-state index in [0.29, 0.717) is 6.04 Å². The van der Waals surface area contributed by atoms with Crippen molar-refractivity contribution in [3.8, 4) is 0 Å². The highest BCUT2D eigenvalue weighted by molar-refractivity contribution is 14.0. The molecule has 0 bridgehead atoms. The molecule has 3 rings (SSSR count). The summed E-state index contributed by atoms with van der Waals surface area (Å²) in [6, 6.07) is 0.656. The number of ether oxygens (including phenoxy) is 1. The predicted molar refractivity (Wildman–Crippen MR) is 106 cm³/mol. The average molecular weight is 436 g/mol. The maximum Gasteiger partial charge on any atom is 0.191 e. The molecule has 0 amide bonds. The van der Waals surface area contributed by atoms with E-state index < -0.39 is 0 Å². The smallest absolute Gasteiger partial charge is 0.191 e. The van der Waals surface area contributed by atoms with Gasteiger partial charge in [0.2, 0.25) is 0 Å². The molecule has 2 aliphatic carbocycles. The Morgan fingerprint density at radius 3 is 2.48 bits per heavy atom. The second-order valence-corrected chi connectivity index (χ2v) is 7.00. The third-order valence-electron chi connectivity index (χ3n) is 5.26. The molecule has 6 heteroatoms. The Morgan fingerprint density at radius 1 is 1.17 bits per heavy atom. The summed E-state index contributed by atoms with van der Waals surface area (Å²) < 4.78 is 5.56. The molecule has 0 aromatic rings. The lowest BCUT2D eigenvalue weighted by atomic mass is 9.80. The Morgan fingerprint density at radius 2 is 1.87 bits per heavy atom. The van der Waals surface area contributed by atoms with Gasteiger partial charge in [-0.2, -0.15) is 0 Å². The summed E-state index contributed by atoms with van der Waals surface area (Å²) in [6.07, 6.45) is 9.24. The van der Waals surface area contributed by atoms with Gasteiger partial charge in [-0.25, -0.2) is 0 Å². The van der Waals surface area contributed by atoms with Crippen molar-refractivity contribution in [3.05, 3.63) is 0 Å². The second-order valence-electron chi connectivity index (χ2n) is 7.00. The van der Waals surface area contributed by atoms with E-state index in [2.05, 4.69) is 22.5 Å². The van der Waals surface area contributed by atoms with Crippen LogP contribution >= 0.6 is 24.0 Å². The number of nitrogens with one attached hydrogen (secondary N) is 2. The zero-order valence-electron chi connectivity index (χ0n) is 14.5. The van der Waals surface area contributed by atoms with Crippen LogP contribution in [0.2, 0.25) is 0 Å². The van der Waals surface area contributed by atoms with E-state index in [1.165, 1.54) is 44.9 Å². The summed E-state index contributed by atoms with van der Waals surface area (Å²) in [6.45, 7) is 7.91. The van der Waals surface area contributed by atoms with Gasteiger partial charge in [0.1, 0.15) is 0 Å². The molecule has 0 aromatic carbocycles. The number of aliphatic imine (C=N–C) groups is 1. The molecule has 23 heavy (non-hydrogen) atoms. The zero-order valence-corrected chi connectivity index (χ0v) is 16.8. The van der Waals surface area contributed by atoms with E-state index in [1.807, 2.05) is 0 Å². The topological polar surface area (TPSA) is 48.9 Å². The van der Waals surface area contributed by atoms with Crippen LogP contribution in [0.25, 0.3) is 0 Å². The molecule has 3 aliphatic rings. The SMILES string of the molecule is CCNC(=NCC1(N2CCOCC2)CCCCC1)NC1CC1.I. The van der Waals surface area contributed by atoms with Crippen LogP contribution in [0.3, 0.4) is 0 Å².